The van der Waals surface area contributed by atoms with Gasteiger partial charge in [0.1, 0.15) is 11.4 Å². The van der Waals surface area contributed by atoms with E-state index in [0.717, 1.165) is 42.5 Å². The number of likely N-dealkylation sites (tertiary alicyclic amines) is 1. The molecule has 0 unspecified atom stereocenters. The molecular weight excluding hydrogens is 294 g/mol. The summed E-state index contributed by atoms with van der Waals surface area (Å²) in [5, 5.41) is 0.751. The van der Waals surface area contributed by atoms with E-state index >= 15 is 0 Å². The maximum absolute atomic E-state index is 12.2. The lowest BCUT2D eigenvalue weighted by molar-refractivity contribution is -0.131. The van der Waals surface area contributed by atoms with Gasteiger partial charge in [0.25, 0.3) is 0 Å². The number of para-hydroxylation sites is 1. The van der Waals surface area contributed by atoms with Crippen LogP contribution in [0.15, 0.2) is 30.3 Å². The van der Waals surface area contributed by atoms with Crippen LogP contribution < -0.4 is 4.74 Å². The molecule has 3 aliphatic rings. The van der Waals surface area contributed by atoms with E-state index in [9.17, 15) is 4.79 Å². The Morgan fingerprint density at radius 1 is 1.27 bits per heavy atom. The third-order valence-electron chi connectivity index (χ3n) is 4.73. The van der Waals surface area contributed by atoms with Gasteiger partial charge in [0.2, 0.25) is 5.91 Å². The number of ether oxygens (including phenoxy) is 1. The molecule has 0 bridgehead atoms. The average molecular weight is 315 g/mol. The zero-order valence-electron chi connectivity index (χ0n) is 12.7. The number of fused-ring (bicyclic) bond motifs is 1. The highest BCUT2D eigenvalue weighted by Gasteiger charge is 2.38. The quantitative estimate of drug-likeness (QED) is 0.857. The maximum Gasteiger partial charge on any atom is 0.232 e. The molecule has 4 heteroatoms. The molecule has 1 amide bonds. The molecule has 3 nitrogen and oxygen atoms in total. The minimum absolute atomic E-state index is 0.214. The van der Waals surface area contributed by atoms with Crippen molar-refractivity contribution in [1.29, 1.82) is 0 Å². The molecule has 1 aliphatic carbocycles. The second-order valence-corrected chi connectivity index (χ2v) is 7.72. The van der Waals surface area contributed by atoms with Crippen LogP contribution in [0.2, 0.25) is 0 Å². The minimum atomic E-state index is -0.214. The van der Waals surface area contributed by atoms with Gasteiger partial charge in [-0.1, -0.05) is 24.3 Å². The van der Waals surface area contributed by atoms with E-state index in [4.69, 9.17) is 4.74 Å². The highest BCUT2D eigenvalue weighted by atomic mass is 32.2. The first kappa shape index (κ1) is 14.2. The topological polar surface area (TPSA) is 29.5 Å². The second-order valence-electron chi connectivity index (χ2n) is 6.43. The lowest BCUT2D eigenvalue weighted by atomic mass is 9.88. The van der Waals surface area contributed by atoms with Gasteiger partial charge >= 0.3 is 0 Å². The molecule has 0 atom stereocenters. The van der Waals surface area contributed by atoms with Gasteiger partial charge in [-0.15, -0.1) is 11.8 Å². The van der Waals surface area contributed by atoms with E-state index in [1.54, 1.807) is 0 Å². The van der Waals surface area contributed by atoms with Gasteiger partial charge in [-0.05, 0) is 25.0 Å². The summed E-state index contributed by atoms with van der Waals surface area (Å²) in [6.07, 6.45) is 8.71. The van der Waals surface area contributed by atoms with Crippen LogP contribution in [0.1, 0.15) is 31.2 Å². The Morgan fingerprint density at radius 2 is 2.05 bits per heavy atom. The molecule has 22 heavy (non-hydrogen) atoms. The average Bonchev–Trinajstić information content (AvgIpc) is 3.38. The first-order valence-corrected chi connectivity index (χ1v) is 9.16. The fraction of sp³-hybridized carbons (Fsp3) is 0.500. The van der Waals surface area contributed by atoms with Crippen LogP contribution in [0.5, 0.6) is 5.75 Å². The van der Waals surface area contributed by atoms with Gasteiger partial charge < -0.3 is 9.64 Å². The maximum atomic E-state index is 12.2. The molecule has 2 fully saturated rings. The minimum Gasteiger partial charge on any atom is -0.482 e. The predicted molar refractivity (Wildman–Crippen MR) is 90.1 cm³/mol. The molecule has 1 spiro atoms. The Hall–Kier alpha value is -1.42. The zero-order chi connectivity index (χ0) is 15.0. The summed E-state index contributed by atoms with van der Waals surface area (Å²) in [7, 11) is 0. The molecule has 1 saturated carbocycles. The summed E-state index contributed by atoms with van der Waals surface area (Å²) in [6, 6.07) is 8.15. The van der Waals surface area contributed by atoms with Crippen molar-refractivity contribution in [3.63, 3.8) is 0 Å². The SMILES string of the molecule is O=C(CSC1CC1)N1CCC2(C=Cc3ccccc3O2)CC1. The van der Waals surface area contributed by atoms with Crippen molar-refractivity contribution >= 4 is 23.7 Å². The lowest BCUT2D eigenvalue weighted by Gasteiger charge is -2.41. The first-order valence-electron chi connectivity index (χ1n) is 8.11. The molecule has 1 saturated heterocycles. The smallest absolute Gasteiger partial charge is 0.232 e. The van der Waals surface area contributed by atoms with Crippen molar-refractivity contribution in [3.8, 4) is 5.75 Å². The number of piperidine rings is 1. The van der Waals surface area contributed by atoms with Gasteiger partial charge in [-0.2, -0.15) is 0 Å². The van der Waals surface area contributed by atoms with Crippen LogP contribution in [-0.4, -0.2) is 40.5 Å². The Kier molecular flexibility index (Phi) is 3.65. The van der Waals surface area contributed by atoms with Gasteiger partial charge in [-0.25, -0.2) is 0 Å². The number of hydrogen-bond acceptors (Lipinski definition) is 3. The van der Waals surface area contributed by atoms with Crippen molar-refractivity contribution < 1.29 is 9.53 Å². The van der Waals surface area contributed by atoms with Crippen molar-refractivity contribution in [2.75, 3.05) is 18.8 Å². The van der Waals surface area contributed by atoms with E-state index in [2.05, 4.69) is 18.2 Å². The third kappa shape index (κ3) is 2.89. The third-order valence-corrected chi connectivity index (χ3v) is 6.08. The number of amides is 1. The van der Waals surface area contributed by atoms with Gasteiger partial charge in [-0.3, -0.25) is 4.79 Å². The standard InChI is InChI=1S/C18H21NO2S/c20-17(13-22-15-5-6-15)19-11-9-18(10-12-19)8-7-14-3-1-2-4-16(14)21-18/h1-4,7-8,15H,5-6,9-13H2. The van der Waals surface area contributed by atoms with Crippen molar-refractivity contribution in [2.45, 2.75) is 36.5 Å². The molecule has 1 aromatic rings. The number of rotatable bonds is 3. The number of carbonyl (C=O) groups is 1. The first-order chi connectivity index (χ1) is 10.7. The fourth-order valence-corrected chi connectivity index (χ4v) is 4.15. The van der Waals surface area contributed by atoms with Crippen molar-refractivity contribution in [1.82, 2.24) is 4.90 Å². The normalized spacial score (nSPS) is 22.3. The molecule has 0 aromatic heterocycles. The Bertz CT molecular complexity index is 601. The van der Waals surface area contributed by atoms with Crippen LogP contribution in [0.3, 0.4) is 0 Å². The molecule has 0 radical (unpaired) electrons. The molecule has 2 aliphatic heterocycles. The number of carbonyl (C=O) groups excluding carboxylic acids is 1. The van der Waals surface area contributed by atoms with E-state index in [1.807, 2.05) is 34.9 Å². The number of nitrogens with zero attached hydrogens (tertiary/aromatic N) is 1. The summed E-state index contributed by atoms with van der Waals surface area (Å²) in [5.41, 5.74) is 0.932. The summed E-state index contributed by atoms with van der Waals surface area (Å²) in [6.45, 7) is 1.60. The van der Waals surface area contributed by atoms with Gasteiger partial charge in [0, 0.05) is 36.7 Å². The number of thioether (sulfide) groups is 1. The molecule has 116 valence electrons. The zero-order valence-corrected chi connectivity index (χ0v) is 13.5. The lowest BCUT2D eigenvalue weighted by Crippen LogP contribution is -2.49. The van der Waals surface area contributed by atoms with Crippen LogP contribution in [0.25, 0.3) is 6.08 Å². The van der Waals surface area contributed by atoms with E-state index in [1.165, 1.54) is 12.8 Å². The Balaban J connectivity index is 1.36. The van der Waals surface area contributed by atoms with Crippen LogP contribution in [0.4, 0.5) is 0 Å². The summed E-state index contributed by atoms with van der Waals surface area (Å²) < 4.78 is 6.27. The van der Waals surface area contributed by atoms with Crippen LogP contribution in [-0.2, 0) is 4.79 Å². The fourth-order valence-electron chi connectivity index (χ4n) is 3.12. The second kappa shape index (κ2) is 5.65. The Morgan fingerprint density at radius 3 is 2.82 bits per heavy atom. The van der Waals surface area contributed by atoms with Gasteiger partial charge in [0.05, 0.1) is 5.75 Å². The van der Waals surface area contributed by atoms with Crippen LogP contribution >= 0.6 is 11.8 Å². The highest BCUT2D eigenvalue weighted by Crippen LogP contribution is 2.37. The number of hydrogen-bond donors (Lipinski definition) is 0. The largest absolute Gasteiger partial charge is 0.482 e. The highest BCUT2D eigenvalue weighted by molar-refractivity contribution is 8.00. The summed E-state index contributed by atoms with van der Waals surface area (Å²) in [4.78, 5) is 14.3. The monoisotopic (exact) mass is 315 g/mol. The molecule has 4 rings (SSSR count). The van der Waals surface area contributed by atoms with E-state index in [-0.39, 0.29) is 5.60 Å². The summed E-state index contributed by atoms with van der Waals surface area (Å²) >= 11 is 1.83. The van der Waals surface area contributed by atoms with E-state index in [0.29, 0.717) is 11.7 Å². The van der Waals surface area contributed by atoms with Gasteiger partial charge in [0.15, 0.2) is 0 Å². The predicted octanol–water partition coefficient (Wildman–Crippen LogP) is 3.35. The molecule has 1 aromatic carbocycles. The molecule has 0 N–H and O–H groups in total. The number of benzene rings is 1. The van der Waals surface area contributed by atoms with Crippen molar-refractivity contribution in [2.24, 2.45) is 0 Å². The van der Waals surface area contributed by atoms with Crippen molar-refractivity contribution in [3.05, 3.63) is 35.9 Å². The Labute approximate surface area is 135 Å². The van der Waals surface area contributed by atoms with Crippen LogP contribution in [0, 0.1) is 0 Å². The molecular formula is C18H21NO2S. The molecule has 2 heterocycles. The van der Waals surface area contributed by atoms with E-state index < -0.39 is 0 Å². The summed E-state index contributed by atoms with van der Waals surface area (Å²) in [5.74, 6) is 1.91.